The van der Waals surface area contributed by atoms with Gasteiger partial charge in [0.25, 0.3) is 0 Å². The fourth-order valence-corrected chi connectivity index (χ4v) is 5.82. The summed E-state index contributed by atoms with van der Waals surface area (Å²) in [5.41, 5.74) is -0.394. The van der Waals surface area contributed by atoms with Crippen molar-refractivity contribution in [3.8, 4) is 0 Å². The number of aliphatic hydroxyl groups is 1. The first kappa shape index (κ1) is 31.9. The summed E-state index contributed by atoms with van der Waals surface area (Å²) in [4.78, 5) is 42.4. The molecule has 2 fully saturated rings. The number of ketones is 1. The Hall–Kier alpha value is -2.59. The summed E-state index contributed by atoms with van der Waals surface area (Å²) >= 11 is 0. The Morgan fingerprint density at radius 1 is 1.18 bits per heavy atom. The fraction of sp³-hybridized carbons (Fsp3) is 0.700. The molecular weight excluding hydrogens is 520 g/mol. The maximum Gasteiger partial charge on any atom is 0.410 e. The number of Topliss-reactive ketones (excluding diaryl/α,β-unsaturated/α-hetero) is 1. The van der Waals surface area contributed by atoms with E-state index >= 15 is 0 Å². The molecule has 2 heterocycles. The monoisotopic (exact) mass is 565 g/mol. The topological polar surface area (TPSA) is 99.2 Å². The molecule has 0 aromatic heterocycles. The number of nitrogens with zero attached hydrogens (tertiary/aromatic N) is 2. The van der Waals surface area contributed by atoms with Crippen LogP contribution >= 0.6 is 0 Å². The molecular formula is C30H45F2N3O5. The highest BCUT2D eigenvalue weighted by atomic mass is 19.1. The van der Waals surface area contributed by atoms with E-state index in [-0.39, 0.29) is 30.6 Å². The summed E-state index contributed by atoms with van der Waals surface area (Å²) in [6.07, 6.45) is 1.91. The number of nitrogens with one attached hydrogen (secondary N) is 1. The Morgan fingerprint density at radius 3 is 2.45 bits per heavy atom. The van der Waals surface area contributed by atoms with Crippen molar-refractivity contribution in [1.29, 1.82) is 0 Å². The van der Waals surface area contributed by atoms with Gasteiger partial charge in [-0.1, -0.05) is 20.3 Å². The lowest BCUT2D eigenvalue weighted by Gasteiger charge is -2.35. The molecule has 2 aliphatic rings. The van der Waals surface area contributed by atoms with E-state index < -0.39 is 47.4 Å². The van der Waals surface area contributed by atoms with Crippen molar-refractivity contribution < 1.29 is 33.0 Å². The highest BCUT2D eigenvalue weighted by Crippen LogP contribution is 2.29. The number of hydrogen-bond acceptors (Lipinski definition) is 6. The second kappa shape index (κ2) is 13.9. The molecule has 2 N–H and O–H groups in total. The molecule has 40 heavy (non-hydrogen) atoms. The molecule has 0 radical (unpaired) electrons. The molecule has 10 heteroatoms. The molecule has 2 aliphatic heterocycles. The number of amides is 2. The molecule has 2 saturated heterocycles. The lowest BCUT2D eigenvalue weighted by molar-refractivity contribution is -0.132. The maximum absolute atomic E-state index is 14.0. The van der Waals surface area contributed by atoms with E-state index in [1.807, 2.05) is 6.92 Å². The minimum atomic E-state index is -1.14. The van der Waals surface area contributed by atoms with Gasteiger partial charge in [-0.3, -0.25) is 9.59 Å². The van der Waals surface area contributed by atoms with Gasteiger partial charge in [-0.2, -0.15) is 0 Å². The van der Waals surface area contributed by atoms with Crippen LogP contribution in [0.2, 0.25) is 0 Å². The molecule has 0 bridgehead atoms. The molecule has 224 valence electrons. The first-order valence-electron chi connectivity index (χ1n) is 14.5. The van der Waals surface area contributed by atoms with E-state index in [1.165, 1.54) is 17.0 Å². The maximum atomic E-state index is 14.0. The number of benzene rings is 1. The van der Waals surface area contributed by atoms with Gasteiger partial charge in [0, 0.05) is 43.6 Å². The van der Waals surface area contributed by atoms with Crippen molar-refractivity contribution >= 4 is 17.8 Å². The van der Waals surface area contributed by atoms with Gasteiger partial charge in [0.15, 0.2) is 5.78 Å². The molecule has 2 amide bonds. The highest BCUT2D eigenvalue weighted by molar-refractivity contribution is 5.93. The van der Waals surface area contributed by atoms with Gasteiger partial charge in [-0.15, -0.1) is 0 Å². The van der Waals surface area contributed by atoms with Crippen LogP contribution in [0.3, 0.4) is 0 Å². The molecule has 5 atom stereocenters. The summed E-state index contributed by atoms with van der Waals surface area (Å²) in [6, 6.07) is 1.79. The molecule has 8 nitrogen and oxygen atoms in total. The Balaban J connectivity index is 1.78. The summed E-state index contributed by atoms with van der Waals surface area (Å²) in [5, 5.41) is 14.6. The minimum absolute atomic E-state index is 0.0000730. The molecule has 1 aromatic rings. The van der Waals surface area contributed by atoms with Gasteiger partial charge < -0.3 is 25.0 Å². The Kier molecular flexibility index (Phi) is 11.1. The van der Waals surface area contributed by atoms with E-state index in [2.05, 4.69) is 12.2 Å². The summed E-state index contributed by atoms with van der Waals surface area (Å²) in [6.45, 7) is 10.5. The number of aliphatic hydroxyl groups excluding tert-OH is 1. The van der Waals surface area contributed by atoms with E-state index in [1.54, 1.807) is 25.7 Å². The van der Waals surface area contributed by atoms with Gasteiger partial charge in [-0.05, 0) is 70.6 Å². The number of unbranched alkanes of at least 4 members (excludes halogenated alkanes) is 1. The highest BCUT2D eigenvalue weighted by Gasteiger charge is 2.43. The molecule has 1 aromatic carbocycles. The third-order valence-electron chi connectivity index (χ3n) is 7.82. The number of carbonyl (C=O) groups is 3. The Labute approximate surface area is 236 Å². The van der Waals surface area contributed by atoms with Crippen molar-refractivity contribution in [1.82, 2.24) is 15.1 Å². The molecule has 0 spiro atoms. The van der Waals surface area contributed by atoms with Gasteiger partial charge in [0.1, 0.15) is 17.2 Å². The van der Waals surface area contributed by atoms with Gasteiger partial charge in [-0.25, -0.2) is 13.6 Å². The predicted octanol–water partition coefficient (Wildman–Crippen LogP) is 4.08. The van der Waals surface area contributed by atoms with Crippen molar-refractivity contribution in [2.45, 2.75) is 96.9 Å². The number of hydrogen-bond donors (Lipinski definition) is 2. The first-order valence-corrected chi connectivity index (χ1v) is 14.5. The number of carbonyl (C=O) groups excluding carboxylic acids is 3. The number of likely N-dealkylation sites (tertiary alicyclic amines) is 2. The average molecular weight is 566 g/mol. The second-order valence-corrected chi connectivity index (χ2v) is 12.1. The molecule has 0 aliphatic carbocycles. The number of ether oxygens (including phenoxy) is 1. The van der Waals surface area contributed by atoms with E-state index in [0.717, 1.165) is 18.9 Å². The predicted molar refractivity (Wildman–Crippen MR) is 148 cm³/mol. The summed E-state index contributed by atoms with van der Waals surface area (Å²) in [7, 11) is 0. The minimum Gasteiger partial charge on any atom is -0.444 e. The summed E-state index contributed by atoms with van der Waals surface area (Å²) < 4.78 is 33.5. The van der Waals surface area contributed by atoms with E-state index in [4.69, 9.17) is 4.74 Å². The zero-order valence-corrected chi connectivity index (χ0v) is 24.4. The van der Waals surface area contributed by atoms with Crippen molar-refractivity contribution in [2.24, 2.45) is 11.8 Å². The quantitative estimate of drug-likeness (QED) is 0.396. The van der Waals surface area contributed by atoms with Gasteiger partial charge >= 0.3 is 6.09 Å². The van der Waals surface area contributed by atoms with Crippen LogP contribution in [0.5, 0.6) is 0 Å². The number of halogens is 2. The average Bonchev–Trinajstić information content (AvgIpc) is 3.48. The Morgan fingerprint density at radius 2 is 1.85 bits per heavy atom. The van der Waals surface area contributed by atoms with Gasteiger partial charge in [0.2, 0.25) is 5.91 Å². The van der Waals surface area contributed by atoms with Crippen molar-refractivity contribution in [3.05, 3.63) is 35.4 Å². The summed E-state index contributed by atoms with van der Waals surface area (Å²) in [5.74, 6) is -2.46. The van der Waals surface area contributed by atoms with Crippen LogP contribution in [0.4, 0.5) is 13.6 Å². The van der Waals surface area contributed by atoms with Crippen molar-refractivity contribution in [2.75, 3.05) is 26.2 Å². The third-order valence-corrected chi connectivity index (χ3v) is 7.82. The van der Waals surface area contributed by atoms with E-state index in [0.29, 0.717) is 44.5 Å². The first-order chi connectivity index (χ1) is 18.8. The largest absolute Gasteiger partial charge is 0.444 e. The number of rotatable bonds is 12. The second-order valence-electron chi connectivity index (χ2n) is 12.1. The third kappa shape index (κ3) is 8.22. The standard InChI is InChI=1S/C30H45F2N3O5/c1-6-8-11-34-18-23(22(7-2)28(34)38)26(36)17-33-24(15-19-13-20(31)16-21(32)14-19)27(37)25-10-9-12-35(25)29(39)40-30(3,4)5/h13-14,16,22-25,27,33,37H,6-12,15,17-18H2,1-5H3/t22-,23+,24+,25-,27+/m1/s1. The van der Waals surface area contributed by atoms with Crippen LogP contribution in [-0.2, 0) is 20.7 Å². The SMILES string of the molecule is CCCCN1C[C@H](C(=O)CN[C@@H](Cc2cc(F)cc(F)c2)[C@H](O)[C@H]2CCCN2C(=O)OC(C)(C)C)[C@@H](CC)C1=O. The van der Waals surface area contributed by atoms with Crippen LogP contribution in [0.15, 0.2) is 18.2 Å². The molecule has 0 saturated carbocycles. The zero-order chi connectivity index (χ0) is 29.6. The van der Waals surface area contributed by atoms with Crippen molar-refractivity contribution in [3.63, 3.8) is 0 Å². The van der Waals surface area contributed by atoms with Gasteiger partial charge in [0.05, 0.1) is 18.7 Å². The van der Waals surface area contributed by atoms with Crippen LogP contribution in [0, 0.1) is 23.5 Å². The Bertz CT molecular complexity index is 1030. The molecule has 0 unspecified atom stereocenters. The van der Waals surface area contributed by atoms with Crippen LogP contribution < -0.4 is 5.32 Å². The van der Waals surface area contributed by atoms with Crippen LogP contribution in [0.1, 0.15) is 72.3 Å². The van der Waals surface area contributed by atoms with Crippen LogP contribution in [0.25, 0.3) is 0 Å². The normalized spacial score (nSPS) is 23.0. The molecule has 3 rings (SSSR count). The zero-order valence-electron chi connectivity index (χ0n) is 24.4. The fourth-order valence-electron chi connectivity index (χ4n) is 5.82. The lowest BCUT2D eigenvalue weighted by Crippen LogP contribution is -2.54. The lowest BCUT2D eigenvalue weighted by atomic mass is 9.89. The smallest absolute Gasteiger partial charge is 0.410 e. The van der Waals surface area contributed by atoms with Crippen LogP contribution in [-0.4, -0.2) is 82.7 Å². The van der Waals surface area contributed by atoms with E-state index in [9.17, 15) is 28.3 Å².